The second-order valence-corrected chi connectivity index (χ2v) is 5.45. The number of rotatable bonds is 8. The maximum absolute atomic E-state index is 12.2. The highest BCUT2D eigenvalue weighted by Crippen LogP contribution is 2.23. The van der Waals surface area contributed by atoms with Crippen LogP contribution in [-0.4, -0.2) is 29.9 Å². The Hall–Kier alpha value is -2.89. The molecule has 0 aliphatic rings. The Morgan fingerprint density at radius 1 is 1.04 bits per heavy atom. The zero-order chi connectivity index (χ0) is 17.5. The predicted molar refractivity (Wildman–Crippen MR) is 96.5 cm³/mol. The molecular weight excluding hydrogens is 321 g/mol. The maximum Gasteiger partial charge on any atom is 0.213 e. The first-order chi connectivity index (χ1) is 12.3. The molecule has 3 rings (SSSR count). The number of benzene rings is 1. The van der Waals surface area contributed by atoms with E-state index in [2.05, 4.69) is 22.2 Å². The molecule has 5 nitrogen and oxygen atoms in total. The van der Waals surface area contributed by atoms with Gasteiger partial charge in [0, 0.05) is 11.5 Å². The van der Waals surface area contributed by atoms with Crippen molar-refractivity contribution in [3.05, 3.63) is 48.7 Å². The van der Waals surface area contributed by atoms with Gasteiger partial charge in [-0.1, -0.05) is 6.92 Å². The lowest BCUT2D eigenvalue weighted by atomic mass is 10.2. The van der Waals surface area contributed by atoms with Gasteiger partial charge in [0.25, 0.3) is 0 Å². The van der Waals surface area contributed by atoms with Crippen LogP contribution >= 0.6 is 0 Å². The highest BCUT2D eigenvalue weighted by Gasteiger charge is 2.03. The van der Waals surface area contributed by atoms with E-state index in [1.165, 1.54) is 0 Å². The van der Waals surface area contributed by atoms with Crippen LogP contribution in [0.1, 0.15) is 13.3 Å². The van der Waals surface area contributed by atoms with Gasteiger partial charge in [0.05, 0.1) is 24.0 Å². The molecule has 3 aromatic rings. The molecule has 25 heavy (non-hydrogen) atoms. The Labute approximate surface area is 145 Å². The van der Waals surface area contributed by atoms with Crippen molar-refractivity contribution < 1.29 is 13.9 Å². The van der Waals surface area contributed by atoms with E-state index in [4.69, 9.17) is 9.47 Å². The maximum atomic E-state index is 12.2. The smallest absolute Gasteiger partial charge is 0.213 e. The molecule has 0 aliphatic heterocycles. The number of ether oxygens (including phenoxy) is 2. The lowest BCUT2D eigenvalue weighted by Crippen LogP contribution is -1.99. The standard InChI is InChI=1S/C19H20FN3O2/c1-2-10-25-19-8-4-15(13-21-19)22-18-7-3-14-12-16(24-11-9-20)5-6-17(14)23-18/h3-8,12-13H,2,9-11H2,1H3,(H,22,23). The zero-order valence-electron chi connectivity index (χ0n) is 14.0. The zero-order valence-corrected chi connectivity index (χ0v) is 14.0. The summed E-state index contributed by atoms with van der Waals surface area (Å²) in [6, 6.07) is 13.0. The average Bonchev–Trinajstić information content (AvgIpc) is 2.65. The molecule has 0 saturated heterocycles. The number of halogens is 1. The Morgan fingerprint density at radius 3 is 2.72 bits per heavy atom. The van der Waals surface area contributed by atoms with E-state index in [0.29, 0.717) is 24.1 Å². The van der Waals surface area contributed by atoms with Gasteiger partial charge >= 0.3 is 0 Å². The summed E-state index contributed by atoms with van der Waals surface area (Å²) in [6.07, 6.45) is 2.66. The number of pyridine rings is 2. The lowest BCUT2D eigenvalue weighted by Gasteiger charge is -2.09. The molecule has 0 fully saturated rings. The fraction of sp³-hybridized carbons (Fsp3) is 0.263. The summed E-state index contributed by atoms with van der Waals surface area (Å²) in [7, 11) is 0. The van der Waals surface area contributed by atoms with E-state index in [1.807, 2.05) is 36.4 Å². The minimum absolute atomic E-state index is 0.0591. The van der Waals surface area contributed by atoms with Crippen LogP contribution in [0.25, 0.3) is 10.9 Å². The van der Waals surface area contributed by atoms with Crippen molar-refractivity contribution in [2.24, 2.45) is 0 Å². The Bertz CT molecular complexity index is 825. The van der Waals surface area contributed by atoms with Gasteiger partial charge < -0.3 is 14.8 Å². The van der Waals surface area contributed by atoms with E-state index in [1.54, 1.807) is 12.3 Å². The molecule has 0 aliphatic carbocycles. The SMILES string of the molecule is CCCOc1ccc(Nc2ccc3cc(OCCF)ccc3n2)cn1. The molecule has 0 spiro atoms. The summed E-state index contributed by atoms with van der Waals surface area (Å²) in [5.74, 6) is 1.97. The average molecular weight is 341 g/mol. The fourth-order valence-electron chi connectivity index (χ4n) is 2.31. The molecule has 0 amide bonds. The Morgan fingerprint density at radius 2 is 1.96 bits per heavy atom. The Kier molecular flexibility index (Phi) is 5.61. The van der Waals surface area contributed by atoms with Gasteiger partial charge in [-0.15, -0.1) is 0 Å². The van der Waals surface area contributed by atoms with E-state index < -0.39 is 6.67 Å². The van der Waals surface area contributed by atoms with Crippen LogP contribution in [0.2, 0.25) is 0 Å². The van der Waals surface area contributed by atoms with E-state index in [-0.39, 0.29) is 6.61 Å². The van der Waals surface area contributed by atoms with Crippen LogP contribution in [0, 0.1) is 0 Å². The molecule has 6 heteroatoms. The first kappa shape index (κ1) is 17.0. The quantitative estimate of drug-likeness (QED) is 0.653. The van der Waals surface area contributed by atoms with Crippen LogP contribution in [0.3, 0.4) is 0 Å². The Balaban J connectivity index is 1.71. The van der Waals surface area contributed by atoms with Gasteiger partial charge in [-0.25, -0.2) is 14.4 Å². The van der Waals surface area contributed by atoms with Crippen LogP contribution in [-0.2, 0) is 0 Å². The van der Waals surface area contributed by atoms with Crippen molar-refractivity contribution in [3.63, 3.8) is 0 Å². The van der Waals surface area contributed by atoms with Gasteiger partial charge in [0.2, 0.25) is 5.88 Å². The summed E-state index contributed by atoms with van der Waals surface area (Å²) in [6.45, 7) is 2.26. The van der Waals surface area contributed by atoms with Gasteiger partial charge in [-0.3, -0.25) is 0 Å². The number of aromatic nitrogens is 2. The monoisotopic (exact) mass is 341 g/mol. The number of anilines is 2. The molecular formula is C19H20FN3O2. The molecule has 2 aromatic heterocycles. The molecule has 1 aromatic carbocycles. The van der Waals surface area contributed by atoms with Crippen molar-refractivity contribution >= 4 is 22.4 Å². The molecule has 0 atom stereocenters. The highest BCUT2D eigenvalue weighted by molar-refractivity contribution is 5.82. The lowest BCUT2D eigenvalue weighted by molar-refractivity contribution is 0.273. The number of hydrogen-bond acceptors (Lipinski definition) is 5. The number of alkyl halides is 1. The molecule has 0 radical (unpaired) electrons. The molecule has 130 valence electrons. The second kappa shape index (κ2) is 8.28. The minimum Gasteiger partial charge on any atom is -0.491 e. The van der Waals surface area contributed by atoms with Crippen molar-refractivity contribution in [1.82, 2.24) is 9.97 Å². The van der Waals surface area contributed by atoms with Gasteiger partial charge in [0.15, 0.2) is 0 Å². The predicted octanol–water partition coefficient (Wildman–Crippen LogP) is 4.51. The summed E-state index contributed by atoms with van der Waals surface area (Å²) in [4.78, 5) is 8.82. The van der Waals surface area contributed by atoms with Crippen molar-refractivity contribution in [3.8, 4) is 11.6 Å². The number of fused-ring (bicyclic) bond motifs is 1. The normalized spacial score (nSPS) is 10.6. The van der Waals surface area contributed by atoms with E-state index in [9.17, 15) is 4.39 Å². The molecule has 0 saturated carbocycles. The minimum atomic E-state index is -0.505. The van der Waals surface area contributed by atoms with Crippen LogP contribution in [0.4, 0.5) is 15.9 Å². The first-order valence-electron chi connectivity index (χ1n) is 8.24. The van der Waals surface area contributed by atoms with E-state index in [0.717, 1.165) is 23.0 Å². The number of hydrogen-bond donors (Lipinski definition) is 1. The molecule has 2 heterocycles. The largest absolute Gasteiger partial charge is 0.491 e. The van der Waals surface area contributed by atoms with Crippen molar-refractivity contribution in [2.45, 2.75) is 13.3 Å². The summed E-state index contributed by atoms with van der Waals surface area (Å²) in [5.41, 5.74) is 1.66. The van der Waals surface area contributed by atoms with Crippen LogP contribution < -0.4 is 14.8 Å². The van der Waals surface area contributed by atoms with Crippen molar-refractivity contribution in [2.75, 3.05) is 25.2 Å². The van der Waals surface area contributed by atoms with Crippen molar-refractivity contribution in [1.29, 1.82) is 0 Å². The summed E-state index contributed by atoms with van der Waals surface area (Å²) < 4.78 is 22.9. The third-order valence-corrected chi connectivity index (χ3v) is 3.47. The first-order valence-corrected chi connectivity index (χ1v) is 8.24. The second-order valence-electron chi connectivity index (χ2n) is 5.45. The third kappa shape index (κ3) is 4.56. The van der Waals surface area contributed by atoms with Gasteiger partial charge in [-0.2, -0.15) is 0 Å². The molecule has 0 bridgehead atoms. The fourth-order valence-corrected chi connectivity index (χ4v) is 2.31. The number of nitrogens with one attached hydrogen (secondary N) is 1. The third-order valence-electron chi connectivity index (χ3n) is 3.47. The van der Waals surface area contributed by atoms with Gasteiger partial charge in [0.1, 0.15) is 24.8 Å². The van der Waals surface area contributed by atoms with Crippen LogP contribution in [0.15, 0.2) is 48.7 Å². The highest BCUT2D eigenvalue weighted by atomic mass is 19.1. The summed E-state index contributed by atoms with van der Waals surface area (Å²) >= 11 is 0. The number of nitrogens with zero attached hydrogens (tertiary/aromatic N) is 2. The van der Waals surface area contributed by atoms with E-state index >= 15 is 0 Å². The topological polar surface area (TPSA) is 56.3 Å². The van der Waals surface area contributed by atoms with Crippen LogP contribution in [0.5, 0.6) is 11.6 Å². The molecule has 1 N–H and O–H groups in total. The van der Waals surface area contributed by atoms with Gasteiger partial charge in [-0.05, 0) is 42.8 Å². The molecule has 0 unspecified atom stereocenters. The summed E-state index contributed by atoms with van der Waals surface area (Å²) in [5, 5.41) is 4.15.